The molecule has 1 aromatic carbocycles. The molecule has 0 atom stereocenters. The van der Waals surface area contributed by atoms with Crippen molar-refractivity contribution in [1.82, 2.24) is 24.4 Å². The van der Waals surface area contributed by atoms with E-state index in [2.05, 4.69) is 20.3 Å². The van der Waals surface area contributed by atoms with E-state index < -0.39 is 0 Å². The number of fused-ring (bicyclic) bond motifs is 1. The largest absolute Gasteiger partial charge is 0.322 e. The standard InChI is InChI=1S/C21H20N6O2S2/c28-18-13-16(23-21-27(18)24-19(31-21)17-7-4-12-30-17)14-25-8-10-26(11-9-25)20(29)22-15-5-2-1-3-6-15/h1-7,12-13H,8-11,14H2,(H,22,29). The number of piperazine rings is 1. The highest BCUT2D eigenvalue weighted by molar-refractivity contribution is 7.23. The Kier molecular flexibility index (Phi) is 5.49. The monoisotopic (exact) mass is 452 g/mol. The zero-order chi connectivity index (χ0) is 21.2. The summed E-state index contributed by atoms with van der Waals surface area (Å²) >= 11 is 3.01. The Labute approximate surface area is 186 Å². The fourth-order valence-corrected chi connectivity index (χ4v) is 5.22. The van der Waals surface area contributed by atoms with Crippen molar-refractivity contribution in [3.05, 3.63) is 70.0 Å². The first-order valence-electron chi connectivity index (χ1n) is 9.93. The Morgan fingerprint density at radius 2 is 1.87 bits per heavy atom. The molecule has 8 nitrogen and oxygen atoms in total. The third-order valence-corrected chi connectivity index (χ3v) is 7.05. The second-order valence-corrected chi connectivity index (χ2v) is 9.13. The number of anilines is 1. The number of urea groups is 1. The maximum atomic E-state index is 12.5. The number of para-hydroxylation sites is 1. The van der Waals surface area contributed by atoms with Gasteiger partial charge in [0.05, 0.1) is 10.6 Å². The van der Waals surface area contributed by atoms with Crippen molar-refractivity contribution in [2.24, 2.45) is 0 Å². The highest BCUT2D eigenvalue weighted by atomic mass is 32.1. The number of carbonyl (C=O) groups is 1. The number of aromatic nitrogens is 3. The Morgan fingerprint density at radius 1 is 1.06 bits per heavy atom. The summed E-state index contributed by atoms with van der Waals surface area (Å²) in [5.74, 6) is 0. The van der Waals surface area contributed by atoms with Crippen LogP contribution in [0, 0.1) is 0 Å². The van der Waals surface area contributed by atoms with Gasteiger partial charge in [0, 0.05) is 44.5 Å². The Bertz CT molecular complexity index is 1240. The molecule has 1 aliphatic rings. The minimum atomic E-state index is -0.167. The molecule has 0 spiro atoms. The van der Waals surface area contributed by atoms with Crippen LogP contribution in [-0.2, 0) is 6.54 Å². The number of thiophene rings is 1. The van der Waals surface area contributed by atoms with Crippen molar-refractivity contribution in [2.75, 3.05) is 31.5 Å². The van der Waals surface area contributed by atoms with Crippen LogP contribution in [0.1, 0.15) is 5.69 Å². The summed E-state index contributed by atoms with van der Waals surface area (Å²) in [5.41, 5.74) is 1.35. The van der Waals surface area contributed by atoms with Crippen LogP contribution in [0.5, 0.6) is 0 Å². The fraction of sp³-hybridized carbons (Fsp3) is 0.238. The topological polar surface area (TPSA) is 82.8 Å². The summed E-state index contributed by atoms with van der Waals surface area (Å²) in [6.07, 6.45) is 0. The normalized spacial score (nSPS) is 14.8. The molecule has 0 saturated carbocycles. The molecular formula is C21H20N6O2S2. The summed E-state index contributed by atoms with van der Waals surface area (Å²) in [6.45, 7) is 3.29. The highest BCUT2D eigenvalue weighted by Crippen LogP contribution is 2.28. The number of rotatable bonds is 4. The molecule has 1 saturated heterocycles. The van der Waals surface area contributed by atoms with E-state index in [0.29, 0.717) is 24.6 Å². The molecule has 3 aromatic heterocycles. The molecule has 4 aromatic rings. The first kappa shape index (κ1) is 19.9. The van der Waals surface area contributed by atoms with Crippen LogP contribution in [0.25, 0.3) is 14.8 Å². The molecule has 0 bridgehead atoms. The first-order chi connectivity index (χ1) is 15.2. The lowest BCUT2D eigenvalue weighted by molar-refractivity contribution is 0.142. The number of nitrogens with zero attached hydrogens (tertiary/aromatic N) is 5. The molecule has 4 heterocycles. The van der Waals surface area contributed by atoms with E-state index in [9.17, 15) is 9.59 Å². The van der Waals surface area contributed by atoms with Crippen LogP contribution in [0.3, 0.4) is 0 Å². The summed E-state index contributed by atoms with van der Waals surface area (Å²) in [5, 5.41) is 10.1. The molecule has 2 amide bonds. The second kappa shape index (κ2) is 8.58. The Morgan fingerprint density at radius 3 is 2.61 bits per heavy atom. The van der Waals surface area contributed by atoms with Gasteiger partial charge in [-0.25, -0.2) is 9.78 Å². The third kappa shape index (κ3) is 4.36. The molecule has 158 valence electrons. The van der Waals surface area contributed by atoms with E-state index in [0.717, 1.165) is 34.4 Å². The zero-order valence-electron chi connectivity index (χ0n) is 16.6. The van der Waals surface area contributed by atoms with Crippen LogP contribution in [0.15, 0.2) is 58.7 Å². The van der Waals surface area contributed by atoms with Gasteiger partial charge in [0.25, 0.3) is 5.56 Å². The van der Waals surface area contributed by atoms with Crippen molar-refractivity contribution >= 4 is 39.4 Å². The van der Waals surface area contributed by atoms with E-state index in [1.807, 2.05) is 52.7 Å². The quantitative estimate of drug-likeness (QED) is 0.514. The molecule has 0 radical (unpaired) electrons. The van der Waals surface area contributed by atoms with Crippen molar-refractivity contribution in [1.29, 1.82) is 0 Å². The van der Waals surface area contributed by atoms with Crippen LogP contribution < -0.4 is 10.9 Å². The van der Waals surface area contributed by atoms with Crippen LogP contribution in [-0.4, -0.2) is 56.6 Å². The summed E-state index contributed by atoms with van der Waals surface area (Å²) in [6, 6.07) is 14.9. The molecule has 10 heteroatoms. The molecule has 5 rings (SSSR count). The lowest BCUT2D eigenvalue weighted by Crippen LogP contribution is -2.49. The van der Waals surface area contributed by atoms with E-state index in [1.165, 1.54) is 15.9 Å². The average molecular weight is 453 g/mol. The van der Waals surface area contributed by atoms with Crippen molar-refractivity contribution in [3.63, 3.8) is 0 Å². The van der Waals surface area contributed by atoms with Crippen molar-refractivity contribution in [2.45, 2.75) is 6.54 Å². The van der Waals surface area contributed by atoms with Crippen LogP contribution in [0.2, 0.25) is 0 Å². The predicted octanol–water partition coefficient (Wildman–Crippen LogP) is 3.23. The summed E-state index contributed by atoms with van der Waals surface area (Å²) in [7, 11) is 0. The minimum absolute atomic E-state index is 0.0885. The van der Waals surface area contributed by atoms with Gasteiger partial charge in [-0.1, -0.05) is 35.6 Å². The van der Waals surface area contributed by atoms with Gasteiger partial charge in [-0.05, 0) is 23.6 Å². The van der Waals surface area contributed by atoms with E-state index in [4.69, 9.17) is 0 Å². The SMILES string of the molecule is O=C(Nc1ccccc1)N1CCN(Cc2cc(=O)n3nc(-c4cccs4)sc3n2)CC1. The maximum absolute atomic E-state index is 12.5. The van der Waals surface area contributed by atoms with Gasteiger partial charge in [0.2, 0.25) is 4.96 Å². The fourth-order valence-electron chi connectivity index (χ4n) is 3.50. The van der Waals surface area contributed by atoms with E-state index in [-0.39, 0.29) is 11.6 Å². The summed E-state index contributed by atoms with van der Waals surface area (Å²) in [4.78, 5) is 35.3. The summed E-state index contributed by atoms with van der Waals surface area (Å²) < 4.78 is 1.37. The van der Waals surface area contributed by atoms with Gasteiger partial charge in [0.15, 0.2) is 5.01 Å². The van der Waals surface area contributed by atoms with Gasteiger partial charge in [-0.3, -0.25) is 9.69 Å². The number of carbonyl (C=O) groups excluding carboxylic acids is 1. The van der Waals surface area contributed by atoms with Crippen LogP contribution >= 0.6 is 22.7 Å². The average Bonchev–Trinajstić information content (AvgIpc) is 3.45. The maximum Gasteiger partial charge on any atom is 0.321 e. The number of benzene rings is 1. The van der Waals surface area contributed by atoms with Gasteiger partial charge >= 0.3 is 6.03 Å². The number of amides is 2. The van der Waals surface area contributed by atoms with Gasteiger partial charge < -0.3 is 10.2 Å². The molecule has 1 fully saturated rings. The number of nitrogens with one attached hydrogen (secondary N) is 1. The van der Waals surface area contributed by atoms with E-state index >= 15 is 0 Å². The zero-order valence-corrected chi connectivity index (χ0v) is 18.2. The molecular weight excluding hydrogens is 432 g/mol. The molecule has 1 aliphatic heterocycles. The first-order valence-corrected chi connectivity index (χ1v) is 11.6. The second-order valence-electron chi connectivity index (χ2n) is 7.22. The molecule has 0 unspecified atom stereocenters. The smallest absolute Gasteiger partial charge is 0.321 e. The predicted molar refractivity (Wildman–Crippen MR) is 123 cm³/mol. The molecule has 0 aliphatic carbocycles. The Hall–Kier alpha value is -3.08. The van der Waals surface area contributed by atoms with E-state index in [1.54, 1.807) is 17.4 Å². The number of hydrogen-bond acceptors (Lipinski definition) is 7. The van der Waals surface area contributed by atoms with Gasteiger partial charge in [-0.2, -0.15) is 9.61 Å². The van der Waals surface area contributed by atoms with Crippen LogP contribution in [0.4, 0.5) is 10.5 Å². The molecule has 31 heavy (non-hydrogen) atoms. The lowest BCUT2D eigenvalue weighted by atomic mass is 10.3. The Balaban J connectivity index is 1.23. The minimum Gasteiger partial charge on any atom is -0.322 e. The van der Waals surface area contributed by atoms with Gasteiger partial charge in [-0.15, -0.1) is 11.3 Å². The van der Waals surface area contributed by atoms with Gasteiger partial charge in [0.1, 0.15) is 0 Å². The number of hydrogen-bond donors (Lipinski definition) is 1. The van der Waals surface area contributed by atoms with Crippen molar-refractivity contribution in [3.8, 4) is 9.88 Å². The van der Waals surface area contributed by atoms with Crippen molar-refractivity contribution < 1.29 is 4.79 Å². The third-order valence-electron chi connectivity index (χ3n) is 5.10. The molecule has 1 N–H and O–H groups in total. The lowest BCUT2D eigenvalue weighted by Gasteiger charge is -2.34. The highest BCUT2D eigenvalue weighted by Gasteiger charge is 2.22.